The number of nitrogens with zero attached hydrogens (tertiary/aromatic N) is 4. The predicted octanol–water partition coefficient (Wildman–Crippen LogP) is 3.87. The first-order valence-corrected chi connectivity index (χ1v) is 13.3. The minimum absolute atomic E-state index is 0.140. The van der Waals surface area contributed by atoms with Gasteiger partial charge in [-0.2, -0.15) is 0 Å². The Balaban J connectivity index is 1.43. The van der Waals surface area contributed by atoms with Crippen LogP contribution in [-0.4, -0.2) is 58.6 Å². The molecule has 4 aromatic rings. The molecule has 1 aliphatic heterocycles. The normalized spacial score (nSPS) is 14.3. The SMILES string of the molecule is CCCc1cc(C)[nH]c(=O)c1CNC(=O)c1cc(-c2ccc(N3CCN(C)CC3)nc2)cc2c1ccn2C. The van der Waals surface area contributed by atoms with Gasteiger partial charge in [-0.25, -0.2) is 4.98 Å². The molecule has 3 aromatic heterocycles. The Morgan fingerprint density at radius 2 is 1.84 bits per heavy atom. The molecule has 2 N–H and O–H groups in total. The summed E-state index contributed by atoms with van der Waals surface area (Å²) in [6.45, 7) is 8.14. The maximum Gasteiger partial charge on any atom is 0.253 e. The molecule has 8 heteroatoms. The average Bonchev–Trinajstić information content (AvgIpc) is 3.28. The second-order valence-electron chi connectivity index (χ2n) is 10.3. The van der Waals surface area contributed by atoms with Gasteiger partial charge in [-0.1, -0.05) is 13.3 Å². The van der Waals surface area contributed by atoms with Crippen molar-refractivity contribution < 1.29 is 4.79 Å². The third kappa shape index (κ3) is 5.22. The van der Waals surface area contributed by atoms with Crippen LogP contribution in [0.1, 0.15) is 40.5 Å². The number of nitrogens with one attached hydrogen (secondary N) is 2. The first-order chi connectivity index (χ1) is 18.3. The molecule has 1 aliphatic rings. The zero-order chi connectivity index (χ0) is 26.8. The van der Waals surface area contributed by atoms with Gasteiger partial charge in [0.1, 0.15) is 5.82 Å². The van der Waals surface area contributed by atoms with E-state index in [0.717, 1.165) is 78.1 Å². The first kappa shape index (κ1) is 25.7. The Bertz CT molecular complexity index is 1510. The number of carbonyl (C=O) groups is 1. The summed E-state index contributed by atoms with van der Waals surface area (Å²) in [5.41, 5.74) is 5.74. The number of anilines is 1. The number of likely N-dealkylation sites (N-methyl/N-ethyl adjacent to an activating group) is 1. The molecule has 1 saturated heterocycles. The molecule has 0 bridgehead atoms. The zero-order valence-corrected chi connectivity index (χ0v) is 22.7. The molecule has 1 aromatic carbocycles. The Labute approximate surface area is 223 Å². The minimum Gasteiger partial charge on any atom is -0.354 e. The van der Waals surface area contributed by atoms with Crippen LogP contribution in [0, 0.1) is 6.92 Å². The largest absolute Gasteiger partial charge is 0.354 e. The number of benzene rings is 1. The number of rotatable bonds is 7. The van der Waals surface area contributed by atoms with Crippen molar-refractivity contribution >= 4 is 22.6 Å². The topological polar surface area (TPSA) is 86.3 Å². The molecule has 0 unspecified atom stereocenters. The number of H-pyrrole nitrogens is 1. The quantitative estimate of drug-likeness (QED) is 0.393. The lowest BCUT2D eigenvalue weighted by molar-refractivity contribution is 0.0952. The van der Waals surface area contributed by atoms with Crippen molar-refractivity contribution in [1.82, 2.24) is 24.8 Å². The molecule has 0 saturated carbocycles. The van der Waals surface area contributed by atoms with Gasteiger partial charge < -0.3 is 24.7 Å². The van der Waals surface area contributed by atoms with E-state index in [-0.39, 0.29) is 18.0 Å². The number of pyridine rings is 2. The van der Waals surface area contributed by atoms with Crippen molar-refractivity contribution in [2.45, 2.75) is 33.2 Å². The second kappa shape index (κ2) is 10.8. The van der Waals surface area contributed by atoms with Crippen LogP contribution in [-0.2, 0) is 20.0 Å². The molecular weight excluding hydrogens is 476 g/mol. The van der Waals surface area contributed by atoms with E-state index in [0.29, 0.717) is 11.1 Å². The molecule has 0 radical (unpaired) electrons. The molecule has 0 spiro atoms. The molecule has 1 amide bonds. The van der Waals surface area contributed by atoms with Gasteiger partial charge in [-0.05, 0) is 67.9 Å². The number of hydrogen-bond acceptors (Lipinski definition) is 5. The lowest BCUT2D eigenvalue weighted by Crippen LogP contribution is -2.44. The van der Waals surface area contributed by atoms with Gasteiger partial charge in [-0.15, -0.1) is 0 Å². The van der Waals surface area contributed by atoms with Crippen molar-refractivity contribution in [2.75, 3.05) is 38.1 Å². The van der Waals surface area contributed by atoms with Crippen molar-refractivity contribution in [3.8, 4) is 11.1 Å². The molecule has 198 valence electrons. The standard InChI is InChI=1S/C30H36N6O2/c1-5-6-21-15-20(2)33-30(38)26(21)19-32-29(37)25-16-23(17-27-24(25)9-10-35(27)4)22-7-8-28(31-18-22)36-13-11-34(3)12-14-36/h7-10,15-18H,5-6,11-14,19H2,1-4H3,(H,32,37)(H,33,38). The number of aryl methyl sites for hydroxylation is 3. The minimum atomic E-state index is -0.201. The highest BCUT2D eigenvalue weighted by Gasteiger charge is 2.18. The van der Waals surface area contributed by atoms with Crippen molar-refractivity contribution in [1.29, 1.82) is 0 Å². The van der Waals surface area contributed by atoms with Gasteiger partial charge in [0.2, 0.25) is 0 Å². The summed E-state index contributed by atoms with van der Waals surface area (Å²) in [6, 6.07) is 12.1. The number of aromatic nitrogens is 3. The molecule has 5 rings (SSSR count). The monoisotopic (exact) mass is 512 g/mol. The van der Waals surface area contributed by atoms with Gasteiger partial charge >= 0.3 is 0 Å². The fourth-order valence-corrected chi connectivity index (χ4v) is 5.24. The number of hydrogen-bond donors (Lipinski definition) is 2. The number of amides is 1. The highest BCUT2D eigenvalue weighted by molar-refractivity contribution is 6.08. The Morgan fingerprint density at radius 1 is 1.05 bits per heavy atom. The van der Waals surface area contributed by atoms with Crippen LogP contribution in [0.25, 0.3) is 22.0 Å². The van der Waals surface area contributed by atoms with Crippen LogP contribution < -0.4 is 15.8 Å². The van der Waals surface area contributed by atoms with Crippen LogP contribution in [0.2, 0.25) is 0 Å². The number of piperazine rings is 1. The number of aromatic amines is 1. The van der Waals surface area contributed by atoms with Gasteiger partial charge in [0.05, 0.1) is 0 Å². The Hall–Kier alpha value is -3.91. The molecular formula is C30H36N6O2. The molecule has 0 aliphatic carbocycles. The van der Waals surface area contributed by atoms with E-state index < -0.39 is 0 Å². The number of fused-ring (bicyclic) bond motifs is 1. The van der Waals surface area contributed by atoms with Gasteiger partial charge in [-0.3, -0.25) is 9.59 Å². The predicted molar refractivity (Wildman–Crippen MR) is 153 cm³/mol. The average molecular weight is 513 g/mol. The Kier molecular flexibility index (Phi) is 7.33. The summed E-state index contributed by atoms with van der Waals surface area (Å²) in [6.07, 6.45) is 5.58. The van der Waals surface area contributed by atoms with E-state index in [1.54, 1.807) is 0 Å². The highest BCUT2D eigenvalue weighted by atomic mass is 16.1. The van der Waals surface area contributed by atoms with E-state index in [1.165, 1.54) is 0 Å². The van der Waals surface area contributed by atoms with E-state index >= 15 is 0 Å². The summed E-state index contributed by atoms with van der Waals surface area (Å²) in [5, 5.41) is 3.89. The van der Waals surface area contributed by atoms with E-state index in [4.69, 9.17) is 4.98 Å². The summed E-state index contributed by atoms with van der Waals surface area (Å²) in [4.78, 5) is 38.4. The van der Waals surface area contributed by atoms with Gasteiger partial charge in [0, 0.05) is 85.5 Å². The summed E-state index contributed by atoms with van der Waals surface area (Å²) in [7, 11) is 4.12. The van der Waals surface area contributed by atoms with Gasteiger partial charge in [0.25, 0.3) is 11.5 Å². The molecule has 8 nitrogen and oxygen atoms in total. The Morgan fingerprint density at radius 3 is 2.55 bits per heavy atom. The second-order valence-corrected chi connectivity index (χ2v) is 10.3. The third-order valence-corrected chi connectivity index (χ3v) is 7.46. The zero-order valence-electron chi connectivity index (χ0n) is 22.7. The highest BCUT2D eigenvalue weighted by Crippen LogP contribution is 2.29. The molecule has 4 heterocycles. The first-order valence-electron chi connectivity index (χ1n) is 13.3. The molecule has 0 atom stereocenters. The lowest BCUT2D eigenvalue weighted by atomic mass is 10.00. The fraction of sp³-hybridized carbons (Fsp3) is 0.367. The van der Waals surface area contributed by atoms with E-state index in [2.05, 4.69) is 52.3 Å². The lowest BCUT2D eigenvalue weighted by Gasteiger charge is -2.33. The summed E-state index contributed by atoms with van der Waals surface area (Å²) < 4.78 is 2.02. The van der Waals surface area contributed by atoms with Crippen molar-refractivity contribution in [3.63, 3.8) is 0 Å². The maximum atomic E-state index is 13.5. The van der Waals surface area contributed by atoms with E-state index in [1.807, 2.05) is 49.1 Å². The van der Waals surface area contributed by atoms with Crippen LogP contribution in [0.3, 0.4) is 0 Å². The third-order valence-electron chi connectivity index (χ3n) is 7.46. The van der Waals surface area contributed by atoms with E-state index in [9.17, 15) is 9.59 Å². The smallest absolute Gasteiger partial charge is 0.253 e. The summed E-state index contributed by atoms with van der Waals surface area (Å²) in [5.74, 6) is 0.776. The van der Waals surface area contributed by atoms with Crippen molar-refractivity contribution in [2.24, 2.45) is 7.05 Å². The fourth-order valence-electron chi connectivity index (χ4n) is 5.24. The van der Waals surface area contributed by atoms with Crippen LogP contribution in [0.4, 0.5) is 5.82 Å². The summed E-state index contributed by atoms with van der Waals surface area (Å²) >= 11 is 0. The van der Waals surface area contributed by atoms with Gasteiger partial charge in [0.15, 0.2) is 0 Å². The molecule has 38 heavy (non-hydrogen) atoms. The van der Waals surface area contributed by atoms with Crippen LogP contribution >= 0.6 is 0 Å². The van der Waals surface area contributed by atoms with Crippen LogP contribution in [0.5, 0.6) is 0 Å². The van der Waals surface area contributed by atoms with Crippen molar-refractivity contribution in [3.05, 3.63) is 81.5 Å². The number of carbonyl (C=O) groups excluding carboxylic acids is 1. The van der Waals surface area contributed by atoms with Crippen LogP contribution in [0.15, 0.2) is 53.6 Å². The molecule has 1 fully saturated rings. The maximum absolute atomic E-state index is 13.5.